The number of anilines is 3. The summed E-state index contributed by atoms with van der Waals surface area (Å²) in [4.78, 5) is 55.0. The van der Waals surface area contributed by atoms with Gasteiger partial charge in [-0.3, -0.25) is 14.4 Å². The molecule has 0 aromatic heterocycles. The molecule has 9 nitrogen and oxygen atoms in total. The van der Waals surface area contributed by atoms with Crippen LogP contribution in [0.25, 0.3) is 0 Å². The third kappa shape index (κ3) is 5.66. The van der Waals surface area contributed by atoms with Crippen molar-refractivity contribution in [1.82, 2.24) is 9.80 Å². The molecular weight excluding hydrogens is 458 g/mol. The number of amides is 5. The highest BCUT2D eigenvalue weighted by molar-refractivity contribution is 6.30. The fourth-order valence-corrected chi connectivity index (χ4v) is 4.29. The molecule has 2 aromatic carbocycles. The van der Waals surface area contributed by atoms with Crippen molar-refractivity contribution in [3.8, 4) is 0 Å². The third-order valence-corrected chi connectivity index (χ3v) is 6.07. The van der Waals surface area contributed by atoms with Crippen LogP contribution < -0.4 is 15.5 Å². The number of carbonyl (C=O) groups excluding carboxylic acids is 4. The lowest BCUT2D eigenvalue weighted by atomic mass is 10.1. The van der Waals surface area contributed by atoms with Crippen molar-refractivity contribution in [2.24, 2.45) is 0 Å². The van der Waals surface area contributed by atoms with Gasteiger partial charge in [0.15, 0.2) is 0 Å². The Hall–Kier alpha value is -3.59. The van der Waals surface area contributed by atoms with Crippen molar-refractivity contribution < 1.29 is 19.2 Å². The molecule has 2 aliphatic heterocycles. The summed E-state index contributed by atoms with van der Waals surface area (Å²) in [6.45, 7) is 1.76. The Morgan fingerprint density at radius 2 is 1.65 bits per heavy atom. The number of halogens is 1. The summed E-state index contributed by atoms with van der Waals surface area (Å²) in [6.07, 6.45) is 0.700. The van der Waals surface area contributed by atoms with Crippen molar-refractivity contribution in [1.29, 1.82) is 0 Å². The largest absolute Gasteiger partial charge is 0.341 e. The lowest BCUT2D eigenvalue weighted by Crippen LogP contribution is -2.43. The average Bonchev–Trinajstić information content (AvgIpc) is 3.08. The van der Waals surface area contributed by atoms with Gasteiger partial charge in [-0.05, 0) is 36.8 Å². The first kappa shape index (κ1) is 23.6. The van der Waals surface area contributed by atoms with E-state index in [1.807, 2.05) is 0 Å². The van der Waals surface area contributed by atoms with E-state index in [-0.39, 0.29) is 43.1 Å². The Morgan fingerprint density at radius 3 is 2.47 bits per heavy atom. The number of nitrogens with one attached hydrogen (secondary N) is 2. The summed E-state index contributed by atoms with van der Waals surface area (Å²) < 4.78 is 0. The number of urea groups is 1. The number of rotatable bonds is 4. The number of carbonyl (C=O) groups is 4. The maximum absolute atomic E-state index is 12.8. The predicted molar refractivity (Wildman–Crippen MR) is 130 cm³/mol. The molecule has 2 aliphatic rings. The highest BCUT2D eigenvalue weighted by Gasteiger charge is 2.28. The number of para-hydroxylation sites is 2. The second-order valence-electron chi connectivity index (χ2n) is 8.21. The molecule has 10 heteroatoms. The van der Waals surface area contributed by atoms with E-state index in [2.05, 4.69) is 10.6 Å². The number of benzene rings is 2. The summed E-state index contributed by atoms with van der Waals surface area (Å²) in [5, 5.41) is 6.11. The Bertz CT molecular complexity index is 1110. The number of hydrogen-bond acceptors (Lipinski definition) is 4. The summed E-state index contributed by atoms with van der Waals surface area (Å²) in [7, 11) is 0. The summed E-state index contributed by atoms with van der Waals surface area (Å²) in [5.41, 5.74) is 1.83. The van der Waals surface area contributed by atoms with E-state index in [9.17, 15) is 19.2 Å². The molecule has 0 spiro atoms. The number of fused-ring (bicyclic) bond motifs is 1. The zero-order valence-electron chi connectivity index (χ0n) is 18.6. The van der Waals surface area contributed by atoms with Gasteiger partial charge in [0.1, 0.15) is 6.54 Å². The van der Waals surface area contributed by atoms with Crippen molar-refractivity contribution >= 4 is 52.4 Å². The van der Waals surface area contributed by atoms with Crippen LogP contribution in [0.3, 0.4) is 0 Å². The van der Waals surface area contributed by atoms with Crippen LogP contribution in [0, 0.1) is 0 Å². The van der Waals surface area contributed by atoms with E-state index in [1.165, 1.54) is 4.90 Å². The molecule has 178 valence electrons. The number of hydrogen-bond donors (Lipinski definition) is 2. The highest BCUT2D eigenvalue weighted by Crippen LogP contribution is 2.29. The maximum Gasteiger partial charge on any atom is 0.321 e. The van der Waals surface area contributed by atoms with Crippen molar-refractivity contribution in [2.75, 3.05) is 48.3 Å². The van der Waals surface area contributed by atoms with Gasteiger partial charge >= 0.3 is 6.03 Å². The Kier molecular flexibility index (Phi) is 7.32. The van der Waals surface area contributed by atoms with Gasteiger partial charge in [0.2, 0.25) is 17.7 Å². The average molecular weight is 484 g/mol. The molecule has 0 radical (unpaired) electrons. The standard InChI is InChI=1S/C24H26ClN5O4/c25-17-5-3-6-18(15-17)26-24(34)29-12-4-11-28(13-14-29)22(32)9-10-23(33)30-16-21(31)27-19-7-1-2-8-20(19)30/h1-3,5-8,15H,4,9-14,16H2,(H,26,34)(H,27,31). The molecule has 0 unspecified atom stereocenters. The fourth-order valence-electron chi connectivity index (χ4n) is 4.10. The first-order chi connectivity index (χ1) is 16.4. The lowest BCUT2D eigenvalue weighted by molar-refractivity contribution is -0.133. The first-order valence-electron chi connectivity index (χ1n) is 11.2. The van der Waals surface area contributed by atoms with Crippen molar-refractivity contribution in [3.05, 3.63) is 53.6 Å². The van der Waals surface area contributed by atoms with Crippen LogP contribution in [0.15, 0.2) is 48.5 Å². The van der Waals surface area contributed by atoms with Gasteiger partial charge in [-0.25, -0.2) is 4.79 Å². The monoisotopic (exact) mass is 483 g/mol. The molecule has 0 bridgehead atoms. The van der Waals surface area contributed by atoms with E-state index in [0.717, 1.165) is 0 Å². The summed E-state index contributed by atoms with van der Waals surface area (Å²) in [5.74, 6) is -0.671. The van der Waals surface area contributed by atoms with Crippen LogP contribution >= 0.6 is 11.6 Å². The van der Waals surface area contributed by atoms with Crippen LogP contribution in [-0.4, -0.2) is 66.3 Å². The fraction of sp³-hybridized carbons (Fsp3) is 0.333. The van der Waals surface area contributed by atoms with Gasteiger partial charge in [-0.15, -0.1) is 0 Å². The molecule has 0 atom stereocenters. The second kappa shape index (κ2) is 10.6. The van der Waals surface area contributed by atoms with E-state index < -0.39 is 0 Å². The van der Waals surface area contributed by atoms with Gasteiger partial charge in [-0.2, -0.15) is 0 Å². The van der Waals surface area contributed by atoms with Gasteiger partial charge < -0.3 is 25.3 Å². The van der Waals surface area contributed by atoms with Crippen molar-refractivity contribution in [2.45, 2.75) is 19.3 Å². The number of nitrogens with zero attached hydrogens (tertiary/aromatic N) is 3. The zero-order chi connectivity index (χ0) is 24.1. The summed E-state index contributed by atoms with van der Waals surface area (Å²) in [6, 6.07) is 13.8. The molecule has 0 saturated carbocycles. The lowest BCUT2D eigenvalue weighted by Gasteiger charge is -2.29. The van der Waals surface area contributed by atoms with E-state index in [0.29, 0.717) is 54.7 Å². The predicted octanol–water partition coefficient (Wildman–Crippen LogP) is 3.17. The normalized spacial score (nSPS) is 15.8. The van der Waals surface area contributed by atoms with Crippen LogP contribution in [0.5, 0.6) is 0 Å². The van der Waals surface area contributed by atoms with Crippen LogP contribution in [0.4, 0.5) is 21.9 Å². The minimum Gasteiger partial charge on any atom is -0.341 e. The van der Waals surface area contributed by atoms with E-state index in [1.54, 1.807) is 58.3 Å². The van der Waals surface area contributed by atoms with E-state index in [4.69, 9.17) is 11.6 Å². The molecule has 2 aromatic rings. The van der Waals surface area contributed by atoms with E-state index >= 15 is 0 Å². The highest BCUT2D eigenvalue weighted by atomic mass is 35.5. The smallest absolute Gasteiger partial charge is 0.321 e. The van der Waals surface area contributed by atoms with Gasteiger partial charge in [-0.1, -0.05) is 29.8 Å². The molecule has 2 heterocycles. The van der Waals surface area contributed by atoms with Gasteiger partial charge in [0.05, 0.1) is 11.4 Å². The molecule has 1 saturated heterocycles. The first-order valence-corrected chi connectivity index (χ1v) is 11.6. The molecule has 34 heavy (non-hydrogen) atoms. The Balaban J connectivity index is 1.28. The minimum atomic E-state index is -0.270. The van der Waals surface area contributed by atoms with Crippen LogP contribution in [-0.2, 0) is 14.4 Å². The maximum atomic E-state index is 12.8. The van der Waals surface area contributed by atoms with Gasteiger partial charge in [0, 0.05) is 49.7 Å². The molecule has 0 aliphatic carbocycles. The molecule has 5 amide bonds. The topological polar surface area (TPSA) is 102 Å². The van der Waals surface area contributed by atoms with Crippen molar-refractivity contribution in [3.63, 3.8) is 0 Å². The molecule has 2 N–H and O–H groups in total. The summed E-state index contributed by atoms with van der Waals surface area (Å²) >= 11 is 5.97. The Labute approximate surface area is 202 Å². The second-order valence-corrected chi connectivity index (χ2v) is 8.64. The SMILES string of the molecule is O=C1CN(C(=O)CCC(=O)N2CCCN(C(=O)Nc3cccc(Cl)c3)CC2)c2ccccc2N1. The Morgan fingerprint density at radius 1 is 0.912 bits per heavy atom. The van der Waals surface area contributed by atoms with Gasteiger partial charge in [0.25, 0.3) is 0 Å². The zero-order valence-corrected chi connectivity index (χ0v) is 19.4. The quantitative estimate of drug-likeness (QED) is 0.697. The molecule has 1 fully saturated rings. The van der Waals surface area contributed by atoms with Crippen LogP contribution in [0.2, 0.25) is 5.02 Å². The van der Waals surface area contributed by atoms with Crippen LogP contribution in [0.1, 0.15) is 19.3 Å². The third-order valence-electron chi connectivity index (χ3n) is 5.84. The minimum absolute atomic E-state index is 0.00984. The molecule has 4 rings (SSSR count). The molecular formula is C24H26ClN5O4.